The third-order valence-electron chi connectivity index (χ3n) is 3.87. The van der Waals surface area contributed by atoms with E-state index in [9.17, 15) is 0 Å². The van der Waals surface area contributed by atoms with Crippen LogP contribution in [0.1, 0.15) is 25.7 Å². The molecule has 0 N–H and O–H groups in total. The van der Waals surface area contributed by atoms with E-state index in [4.69, 9.17) is 0 Å². The molecule has 54 valence electrons. The summed E-state index contributed by atoms with van der Waals surface area (Å²) in [5.41, 5.74) is 0. The summed E-state index contributed by atoms with van der Waals surface area (Å²) in [6.07, 6.45) is 11.1. The van der Waals surface area contributed by atoms with E-state index in [2.05, 4.69) is 12.2 Å². The highest BCUT2D eigenvalue weighted by Gasteiger charge is 2.42. The molecule has 3 fully saturated rings. The zero-order valence-electron chi connectivity index (χ0n) is 6.29. The minimum Gasteiger partial charge on any atom is -0.0848 e. The maximum atomic E-state index is 2.49. The number of allylic oxidation sites excluding steroid dienone is 2. The fraction of sp³-hybridized carbons (Fsp3) is 0.800. The molecule has 0 heteroatoms. The minimum atomic E-state index is 1.00. The molecule has 5 aliphatic carbocycles. The topological polar surface area (TPSA) is 0 Å². The van der Waals surface area contributed by atoms with Gasteiger partial charge in [-0.1, -0.05) is 12.2 Å². The van der Waals surface area contributed by atoms with Crippen molar-refractivity contribution in [1.29, 1.82) is 0 Å². The summed E-state index contributed by atoms with van der Waals surface area (Å²) in [5.74, 6) is 4.20. The molecule has 0 nitrogen and oxygen atoms in total. The van der Waals surface area contributed by atoms with E-state index in [1.54, 1.807) is 0 Å². The van der Waals surface area contributed by atoms with Gasteiger partial charge in [-0.15, -0.1) is 0 Å². The highest BCUT2D eigenvalue weighted by molar-refractivity contribution is 5.11. The Hall–Kier alpha value is -0.260. The smallest absolute Gasteiger partial charge is 0.0202 e. The molecule has 4 unspecified atom stereocenters. The van der Waals surface area contributed by atoms with Crippen molar-refractivity contribution in [2.45, 2.75) is 25.7 Å². The van der Waals surface area contributed by atoms with Gasteiger partial charge in [0.15, 0.2) is 0 Å². The first kappa shape index (κ1) is 5.40. The Labute approximate surface area is 62.3 Å². The third-order valence-corrected chi connectivity index (χ3v) is 3.87. The van der Waals surface area contributed by atoms with Gasteiger partial charge in [0.1, 0.15) is 0 Å². The van der Waals surface area contributed by atoms with Gasteiger partial charge in [0, 0.05) is 0 Å². The van der Waals surface area contributed by atoms with E-state index < -0.39 is 0 Å². The summed E-state index contributed by atoms with van der Waals surface area (Å²) in [7, 11) is 0. The summed E-state index contributed by atoms with van der Waals surface area (Å²) >= 11 is 0. The van der Waals surface area contributed by atoms with Gasteiger partial charge in [-0.25, -0.2) is 0 Å². The van der Waals surface area contributed by atoms with Crippen LogP contribution in [0.5, 0.6) is 0 Å². The van der Waals surface area contributed by atoms with Crippen LogP contribution in [-0.2, 0) is 0 Å². The second kappa shape index (κ2) is 1.66. The molecule has 0 spiro atoms. The molecule has 0 aliphatic heterocycles. The monoisotopic (exact) mass is 134 g/mol. The maximum absolute atomic E-state index is 2.49. The molecule has 0 heterocycles. The lowest BCUT2D eigenvalue weighted by Crippen LogP contribution is -2.39. The molecule has 4 atom stereocenters. The quantitative estimate of drug-likeness (QED) is 0.447. The van der Waals surface area contributed by atoms with Crippen LogP contribution in [0.2, 0.25) is 0 Å². The first-order chi connectivity index (χ1) is 4.93. The van der Waals surface area contributed by atoms with Crippen molar-refractivity contribution in [2.75, 3.05) is 0 Å². The van der Waals surface area contributed by atoms with E-state index in [-0.39, 0.29) is 0 Å². The fourth-order valence-electron chi connectivity index (χ4n) is 3.28. The first-order valence-corrected chi connectivity index (χ1v) is 4.62. The van der Waals surface area contributed by atoms with Gasteiger partial charge in [-0.05, 0) is 49.4 Å². The van der Waals surface area contributed by atoms with Crippen LogP contribution in [0.25, 0.3) is 0 Å². The molecular weight excluding hydrogens is 120 g/mol. The van der Waals surface area contributed by atoms with Crippen LogP contribution in [0.15, 0.2) is 12.2 Å². The second-order valence-corrected chi connectivity index (χ2v) is 4.28. The zero-order valence-corrected chi connectivity index (χ0v) is 6.29. The van der Waals surface area contributed by atoms with Gasteiger partial charge in [0.25, 0.3) is 0 Å². The van der Waals surface area contributed by atoms with Crippen LogP contribution < -0.4 is 0 Å². The fourth-order valence-corrected chi connectivity index (χ4v) is 3.28. The molecular formula is C10H14. The predicted molar refractivity (Wildman–Crippen MR) is 41.6 cm³/mol. The highest BCUT2D eigenvalue weighted by Crippen LogP contribution is 2.52. The van der Waals surface area contributed by atoms with Gasteiger partial charge in [0.2, 0.25) is 0 Å². The SMILES string of the molecule is C1=CC2CC3CCC2CC13. The number of fused-ring (bicyclic) bond motifs is 1. The maximum Gasteiger partial charge on any atom is -0.0202 e. The molecule has 0 aromatic rings. The summed E-state index contributed by atoms with van der Waals surface area (Å²) in [6.45, 7) is 0. The minimum absolute atomic E-state index is 1.00. The molecule has 3 saturated carbocycles. The van der Waals surface area contributed by atoms with Crippen molar-refractivity contribution >= 4 is 0 Å². The summed E-state index contributed by atoms with van der Waals surface area (Å²) < 4.78 is 0. The van der Waals surface area contributed by atoms with Crippen LogP contribution in [0.3, 0.4) is 0 Å². The number of rotatable bonds is 0. The zero-order chi connectivity index (χ0) is 6.55. The van der Waals surface area contributed by atoms with Crippen LogP contribution in [0.4, 0.5) is 0 Å². The Morgan fingerprint density at radius 2 is 1.30 bits per heavy atom. The molecule has 10 heavy (non-hydrogen) atoms. The van der Waals surface area contributed by atoms with Gasteiger partial charge in [0.05, 0.1) is 0 Å². The van der Waals surface area contributed by atoms with Crippen molar-refractivity contribution in [1.82, 2.24) is 0 Å². The van der Waals surface area contributed by atoms with E-state index >= 15 is 0 Å². The molecule has 0 aromatic carbocycles. The lowest BCUT2D eigenvalue weighted by Gasteiger charge is -2.49. The Bertz CT molecular complexity index is 160. The summed E-state index contributed by atoms with van der Waals surface area (Å²) in [4.78, 5) is 0. The van der Waals surface area contributed by atoms with Crippen molar-refractivity contribution in [2.24, 2.45) is 23.7 Å². The second-order valence-electron chi connectivity index (χ2n) is 4.28. The largest absolute Gasteiger partial charge is 0.0848 e. The highest BCUT2D eigenvalue weighted by atomic mass is 14.5. The summed E-state index contributed by atoms with van der Waals surface area (Å²) in [5, 5.41) is 0. The van der Waals surface area contributed by atoms with Crippen molar-refractivity contribution in [3.05, 3.63) is 12.2 Å². The van der Waals surface area contributed by atoms with Crippen molar-refractivity contribution in [3.8, 4) is 0 Å². The molecule has 5 rings (SSSR count). The standard InChI is InChI=1S/C10H14/c1-2-8-6-9-3-4-10(8)5-7(1)9/h1-2,7-10H,3-6H2. The lowest BCUT2D eigenvalue weighted by molar-refractivity contribution is 0.0712. The number of hydrogen-bond acceptors (Lipinski definition) is 0. The average Bonchev–Trinajstić information content (AvgIpc) is 2.05. The average molecular weight is 134 g/mol. The Morgan fingerprint density at radius 3 is 1.60 bits per heavy atom. The molecule has 4 bridgehead atoms. The van der Waals surface area contributed by atoms with E-state index in [1.807, 2.05) is 0 Å². The summed E-state index contributed by atoms with van der Waals surface area (Å²) in [6, 6.07) is 0. The van der Waals surface area contributed by atoms with E-state index in [0.717, 1.165) is 23.7 Å². The molecule has 0 amide bonds. The van der Waals surface area contributed by atoms with Gasteiger partial charge in [-0.2, -0.15) is 0 Å². The van der Waals surface area contributed by atoms with Crippen molar-refractivity contribution in [3.63, 3.8) is 0 Å². The third kappa shape index (κ3) is 0.531. The van der Waals surface area contributed by atoms with E-state index in [1.165, 1.54) is 25.7 Å². The van der Waals surface area contributed by atoms with Gasteiger partial charge in [-0.3, -0.25) is 0 Å². The van der Waals surface area contributed by atoms with Crippen molar-refractivity contribution < 1.29 is 0 Å². The first-order valence-electron chi connectivity index (χ1n) is 4.62. The van der Waals surface area contributed by atoms with E-state index in [0.29, 0.717) is 0 Å². The number of hydrogen-bond donors (Lipinski definition) is 0. The molecule has 0 radical (unpaired) electrons. The molecule has 0 saturated heterocycles. The van der Waals surface area contributed by atoms with Gasteiger partial charge < -0.3 is 0 Å². The van der Waals surface area contributed by atoms with Crippen LogP contribution in [0, 0.1) is 23.7 Å². The Kier molecular flexibility index (Phi) is 0.898. The predicted octanol–water partition coefficient (Wildman–Crippen LogP) is 2.61. The molecule has 5 aliphatic rings. The van der Waals surface area contributed by atoms with Crippen LogP contribution >= 0.6 is 0 Å². The Morgan fingerprint density at radius 1 is 0.800 bits per heavy atom. The van der Waals surface area contributed by atoms with Crippen LogP contribution in [-0.4, -0.2) is 0 Å². The molecule has 0 aromatic heterocycles. The lowest BCUT2D eigenvalue weighted by atomic mass is 9.56. The van der Waals surface area contributed by atoms with Gasteiger partial charge >= 0.3 is 0 Å². The Balaban J connectivity index is 2.04. The normalized spacial score (nSPS) is 56.0.